The summed E-state index contributed by atoms with van der Waals surface area (Å²) in [6.45, 7) is 4.37. The molecule has 0 unspecified atom stereocenters. The number of ether oxygens (including phenoxy) is 1. The third kappa shape index (κ3) is 3.50. The molecule has 4 aromatic rings. The van der Waals surface area contributed by atoms with Crippen molar-refractivity contribution in [2.75, 3.05) is 6.61 Å². The van der Waals surface area contributed by atoms with Gasteiger partial charge in [0.1, 0.15) is 11.3 Å². The molecular weight excluding hydrogens is 360 g/mol. The van der Waals surface area contributed by atoms with E-state index in [0.29, 0.717) is 23.0 Å². The van der Waals surface area contributed by atoms with Crippen molar-refractivity contribution in [3.8, 4) is 5.75 Å². The van der Waals surface area contributed by atoms with Crippen molar-refractivity contribution in [2.24, 2.45) is 0 Å². The van der Waals surface area contributed by atoms with Crippen LogP contribution >= 0.6 is 11.8 Å². The van der Waals surface area contributed by atoms with Crippen molar-refractivity contribution < 1.29 is 9.53 Å². The van der Waals surface area contributed by atoms with Crippen molar-refractivity contribution in [2.45, 2.75) is 24.3 Å². The van der Waals surface area contributed by atoms with Gasteiger partial charge in [0.15, 0.2) is 11.4 Å². The van der Waals surface area contributed by atoms with E-state index in [4.69, 9.17) is 4.74 Å². The van der Waals surface area contributed by atoms with Crippen LogP contribution in [0.4, 0.5) is 0 Å². The van der Waals surface area contributed by atoms with Gasteiger partial charge >= 0.3 is 0 Å². The largest absolute Gasteiger partial charge is 0.494 e. The molecule has 0 spiro atoms. The summed E-state index contributed by atoms with van der Waals surface area (Å²) in [7, 11) is 0. The standard InChI is InChI=1S/C20H18N4O2S/c1-3-26-14-10-8-13(9-11-14)18(25)12(2)27-20-22-19-17(23-24-20)15-6-4-5-7-16(15)21-19/h4-12H,3H2,1-2H3,(H,21,22,24)/t12-/m1/s1. The topological polar surface area (TPSA) is 80.8 Å². The fourth-order valence-electron chi connectivity index (χ4n) is 2.88. The lowest BCUT2D eigenvalue weighted by molar-refractivity contribution is 0.0994. The number of Topliss-reactive ketones (excluding diaryl/α,β-unsaturated/α-hetero) is 1. The highest BCUT2D eigenvalue weighted by Crippen LogP contribution is 2.26. The first-order valence-electron chi connectivity index (χ1n) is 8.70. The van der Waals surface area contributed by atoms with Crippen LogP contribution in [0.2, 0.25) is 0 Å². The van der Waals surface area contributed by atoms with E-state index < -0.39 is 0 Å². The van der Waals surface area contributed by atoms with Gasteiger partial charge in [-0.15, -0.1) is 10.2 Å². The van der Waals surface area contributed by atoms with Gasteiger partial charge in [0.25, 0.3) is 0 Å². The number of nitrogens with one attached hydrogen (secondary N) is 1. The van der Waals surface area contributed by atoms with E-state index in [0.717, 1.165) is 22.2 Å². The number of nitrogens with zero attached hydrogens (tertiary/aromatic N) is 3. The number of rotatable bonds is 6. The van der Waals surface area contributed by atoms with E-state index in [2.05, 4.69) is 20.2 Å². The van der Waals surface area contributed by atoms with E-state index in [1.54, 1.807) is 12.1 Å². The first kappa shape index (κ1) is 17.5. The third-order valence-electron chi connectivity index (χ3n) is 4.20. The van der Waals surface area contributed by atoms with Crippen LogP contribution in [-0.2, 0) is 0 Å². The minimum absolute atomic E-state index is 0.0170. The van der Waals surface area contributed by atoms with Crippen LogP contribution in [0.25, 0.3) is 22.1 Å². The number of hydrogen-bond acceptors (Lipinski definition) is 6. The van der Waals surface area contributed by atoms with Crippen LogP contribution in [-0.4, -0.2) is 37.8 Å². The molecule has 0 saturated carbocycles. The van der Waals surface area contributed by atoms with Crippen LogP contribution in [0.1, 0.15) is 24.2 Å². The van der Waals surface area contributed by atoms with Crippen molar-refractivity contribution in [1.82, 2.24) is 20.2 Å². The van der Waals surface area contributed by atoms with Gasteiger partial charge in [0, 0.05) is 16.5 Å². The molecule has 2 heterocycles. The number of H-pyrrole nitrogens is 1. The lowest BCUT2D eigenvalue weighted by Gasteiger charge is -2.09. The van der Waals surface area contributed by atoms with Gasteiger partial charge in [-0.05, 0) is 44.2 Å². The fraction of sp³-hybridized carbons (Fsp3) is 0.200. The lowest BCUT2D eigenvalue weighted by atomic mass is 10.1. The Kier molecular flexibility index (Phi) is 4.77. The van der Waals surface area contributed by atoms with Gasteiger partial charge in [-0.2, -0.15) is 0 Å². The molecule has 0 aliphatic rings. The molecule has 0 radical (unpaired) electrons. The zero-order valence-electron chi connectivity index (χ0n) is 15.0. The molecule has 2 aromatic heterocycles. The molecule has 4 rings (SSSR count). The van der Waals surface area contributed by atoms with E-state index in [1.807, 2.05) is 50.2 Å². The van der Waals surface area contributed by atoms with Gasteiger partial charge in [-0.3, -0.25) is 4.79 Å². The molecule has 1 N–H and O–H groups in total. The van der Waals surface area contributed by atoms with Crippen molar-refractivity contribution in [1.29, 1.82) is 0 Å². The highest BCUT2D eigenvalue weighted by atomic mass is 32.2. The van der Waals surface area contributed by atoms with E-state index >= 15 is 0 Å². The number of carbonyl (C=O) groups is 1. The van der Waals surface area contributed by atoms with Gasteiger partial charge in [0.2, 0.25) is 5.16 Å². The second kappa shape index (κ2) is 7.36. The monoisotopic (exact) mass is 378 g/mol. The fourth-order valence-corrected chi connectivity index (χ4v) is 3.68. The smallest absolute Gasteiger partial charge is 0.211 e. The normalized spacial score (nSPS) is 12.4. The molecule has 0 aliphatic carbocycles. The third-order valence-corrected chi connectivity index (χ3v) is 5.16. The number of thioether (sulfide) groups is 1. The SMILES string of the molecule is CCOc1ccc(C(=O)[C@@H](C)Sc2nnc3c(n2)[nH]c2ccccc23)cc1. The first-order valence-corrected chi connectivity index (χ1v) is 9.58. The summed E-state index contributed by atoms with van der Waals surface area (Å²) < 4.78 is 5.41. The Bertz CT molecular complexity index is 1110. The summed E-state index contributed by atoms with van der Waals surface area (Å²) >= 11 is 1.30. The Hall–Kier alpha value is -2.93. The van der Waals surface area contributed by atoms with Gasteiger partial charge < -0.3 is 9.72 Å². The molecule has 2 aromatic carbocycles. The van der Waals surface area contributed by atoms with Crippen LogP contribution in [0.15, 0.2) is 53.7 Å². The molecule has 0 fully saturated rings. The number of fused-ring (bicyclic) bond motifs is 3. The highest BCUT2D eigenvalue weighted by Gasteiger charge is 2.19. The Morgan fingerprint density at radius 1 is 1.15 bits per heavy atom. The maximum absolute atomic E-state index is 12.7. The van der Waals surface area contributed by atoms with Gasteiger partial charge in [0.05, 0.1) is 11.9 Å². The molecule has 1 atom stereocenters. The van der Waals surface area contributed by atoms with Crippen molar-refractivity contribution >= 4 is 39.6 Å². The minimum atomic E-state index is -0.327. The average Bonchev–Trinajstić information content (AvgIpc) is 3.06. The number of hydrogen-bond donors (Lipinski definition) is 1. The highest BCUT2D eigenvalue weighted by molar-refractivity contribution is 8.00. The second-order valence-electron chi connectivity index (χ2n) is 6.04. The number of aromatic amines is 1. The Morgan fingerprint density at radius 2 is 1.93 bits per heavy atom. The van der Waals surface area contributed by atoms with E-state index in [-0.39, 0.29) is 11.0 Å². The maximum atomic E-state index is 12.7. The summed E-state index contributed by atoms with van der Waals surface area (Å²) in [5, 5.41) is 9.62. The molecule has 27 heavy (non-hydrogen) atoms. The van der Waals surface area contributed by atoms with Crippen LogP contribution < -0.4 is 4.74 Å². The molecule has 0 aliphatic heterocycles. The number of ketones is 1. The molecule has 0 amide bonds. The summed E-state index contributed by atoms with van der Waals surface area (Å²) in [4.78, 5) is 20.5. The summed E-state index contributed by atoms with van der Waals surface area (Å²) in [6, 6.07) is 15.1. The first-order chi connectivity index (χ1) is 13.2. The van der Waals surface area contributed by atoms with Crippen LogP contribution in [0.5, 0.6) is 5.75 Å². The predicted octanol–water partition coefficient (Wildman–Crippen LogP) is 4.27. The molecular formula is C20H18N4O2S. The van der Waals surface area contributed by atoms with Crippen LogP contribution in [0, 0.1) is 0 Å². The number of benzene rings is 2. The Morgan fingerprint density at radius 3 is 2.70 bits per heavy atom. The minimum Gasteiger partial charge on any atom is -0.494 e. The quantitative estimate of drug-likeness (QED) is 0.399. The Balaban J connectivity index is 1.53. The lowest BCUT2D eigenvalue weighted by Crippen LogP contribution is -2.14. The van der Waals surface area contributed by atoms with E-state index in [1.165, 1.54) is 11.8 Å². The van der Waals surface area contributed by atoms with Gasteiger partial charge in [-0.25, -0.2) is 4.98 Å². The van der Waals surface area contributed by atoms with Gasteiger partial charge in [-0.1, -0.05) is 30.0 Å². The summed E-state index contributed by atoms with van der Waals surface area (Å²) in [5.41, 5.74) is 3.02. The van der Waals surface area contributed by atoms with Crippen molar-refractivity contribution in [3.63, 3.8) is 0 Å². The Labute approximate surface area is 160 Å². The molecule has 136 valence electrons. The predicted molar refractivity (Wildman–Crippen MR) is 106 cm³/mol. The maximum Gasteiger partial charge on any atom is 0.211 e. The van der Waals surface area contributed by atoms with E-state index in [9.17, 15) is 4.79 Å². The number of carbonyl (C=O) groups excluding carboxylic acids is 1. The zero-order valence-corrected chi connectivity index (χ0v) is 15.8. The summed E-state index contributed by atoms with van der Waals surface area (Å²) in [5.74, 6) is 0.773. The number of para-hydroxylation sites is 1. The average molecular weight is 378 g/mol. The second-order valence-corrected chi connectivity index (χ2v) is 7.35. The number of aromatic nitrogens is 4. The molecule has 0 saturated heterocycles. The zero-order chi connectivity index (χ0) is 18.8. The summed E-state index contributed by atoms with van der Waals surface area (Å²) in [6.07, 6.45) is 0. The van der Waals surface area contributed by atoms with Crippen LogP contribution in [0.3, 0.4) is 0 Å². The molecule has 0 bridgehead atoms. The molecule has 7 heteroatoms. The van der Waals surface area contributed by atoms with Crippen molar-refractivity contribution in [3.05, 3.63) is 54.1 Å². The molecule has 6 nitrogen and oxygen atoms in total.